The molecule has 3 heteroatoms. The molecule has 1 atom stereocenters. The van der Waals surface area contributed by atoms with Crippen LogP contribution in [0.15, 0.2) is 54.6 Å². The molecule has 1 saturated carbocycles. The van der Waals surface area contributed by atoms with Gasteiger partial charge in [-0.05, 0) is 42.9 Å². The molecule has 1 unspecified atom stereocenters. The van der Waals surface area contributed by atoms with Crippen LogP contribution in [-0.4, -0.2) is 10.9 Å². The number of rotatable bonds is 5. The van der Waals surface area contributed by atoms with Crippen LogP contribution in [0.5, 0.6) is 0 Å². The highest BCUT2D eigenvalue weighted by Crippen LogP contribution is 2.41. The van der Waals surface area contributed by atoms with Gasteiger partial charge in [-0.1, -0.05) is 48.5 Å². The standard InChI is InChI=1S/C21H22N2O/c1-14-18(17-9-5-6-10-19(17)22-14)13-20(24)23-21(16-11-12-16)15-7-3-2-4-8-15/h2-10,16,21-22H,11-13H2,1H3,(H,23,24). The van der Waals surface area contributed by atoms with E-state index in [2.05, 4.69) is 34.6 Å². The lowest BCUT2D eigenvalue weighted by Gasteiger charge is -2.19. The number of carbonyl (C=O) groups is 1. The van der Waals surface area contributed by atoms with Crippen LogP contribution in [-0.2, 0) is 11.2 Å². The average molecular weight is 318 g/mol. The van der Waals surface area contributed by atoms with Gasteiger partial charge >= 0.3 is 0 Å². The highest BCUT2D eigenvalue weighted by Gasteiger charge is 2.33. The predicted molar refractivity (Wildman–Crippen MR) is 96.8 cm³/mol. The third-order valence-corrected chi connectivity index (χ3v) is 4.93. The van der Waals surface area contributed by atoms with Gasteiger partial charge in [0.05, 0.1) is 12.5 Å². The molecule has 1 fully saturated rings. The van der Waals surface area contributed by atoms with Crippen molar-refractivity contribution in [3.63, 3.8) is 0 Å². The first-order valence-corrected chi connectivity index (χ1v) is 8.63. The van der Waals surface area contributed by atoms with Crippen LogP contribution in [0.3, 0.4) is 0 Å². The quantitative estimate of drug-likeness (QED) is 0.724. The maximum atomic E-state index is 12.7. The molecule has 3 nitrogen and oxygen atoms in total. The van der Waals surface area contributed by atoms with Gasteiger partial charge in [0.2, 0.25) is 5.91 Å². The van der Waals surface area contributed by atoms with E-state index in [9.17, 15) is 4.79 Å². The highest BCUT2D eigenvalue weighted by atomic mass is 16.1. The van der Waals surface area contributed by atoms with Gasteiger partial charge in [-0.15, -0.1) is 0 Å². The number of para-hydroxylation sites is 1. The normalized spacial score (nSPS) is 15.4. The van der Waals surface area contributed by atoms with Crippen molar-refractivity contribution in [1.82, 2.24) is 10.3 Å². The van der Waals surface area contributed by atoms with Crippen molar-refractivity contribution < 1.29 is 4.79 Å². The average Bonchev–Trinajstić information content (AvgIpc) is 3.39. The van der Waals surface area contributed by atoms with Gasteiger partial charge in [0.25, 0.3) is 0 Å². The number of aryl methyl sites for hydroxylation is 1. The van der Waals surface area contributed by atoms with E-state index >= 15 is 0 Å². The molecule has 0 saturated heterocycles. The zero-order valence-electron chi connectivity index (χ0n) is 13.9. The zero-order chi connectivity index (χ0) is 16.5. The van der Waals surface area contributed by atoms with Crippen molar-refractivity contribution in [2.45, 2.75) is 32.2 Å². The van der Waals surface area contributed by atoms with Crippen molar-refractivity contribution in [3.8, 4) is 0 Å². The third-order valence-electron chi connectivity index (χ3n) is 4.93. The number of amides is 1. The molecule has 1 heterocycles. The van der Waals surface area contributed by atoms with Crippen molar-refractivity contribution in [2.75, 3.05) is 0 Å². The minimum Gasteiger partial charge on any atom is -0.358 e. The Bertz CT molecular complexity index is 862. The minimum atomic E-state index is 0.101. The van der Waals surface area contributed by atoms with Crippen LogP contribution in [0, 0.1) is 12.8 Å². The fourth-order valence-electron chi connectivity index (χ4n) is 3.51. The van der Waals surface area contributed by atoms with Crippen molar-refractivity contribution >= 4 is 16.8 Å². The molecule has 2 aromatic carbocycles. The zero-order valence-corrected chi connectivity index (χ0v) is 13.9. The molecular formula is C21H22N2O. The van der Waals surface area contributed by atoms with E-state index in [4.69, 9.17) is 0 Å². The summed E-state index contributed by atoms with van der Waals surface area (Å²) < 4.78 is 0. The molecule has 0 spiro atoms. The Morgan fingerprint density at radius 3 is 2.58 bits per heavy atom. The van der Waals surface area contributed by atoms with Crippen LogP contribution in [0.1, 0.15) is 35.7 Å². The summed E-state index contributed by atoms with van der Waals surface area (Å²) >= 11 is 0. The van der Waals surface area contributed by atoms with E-state index < -0.39 is 0 Å². The van der Waals surface area contributed by atoms with E-state index in [1.54, 1.807) is 0 Å². The van der Waals surface area contributed by atoms with Gasteiger partial charge in [-0.3, -0.25) is 4.79 Å². The second kappa shape index (κ2) is 6.16. The van der Waals surface area contributed by atoms with E-state index in [1.165, 1.54) is 18.4 Å². The van der Waals surface area contributed by atoms with Gasteiger partial charge in [0.15, 0.2) is 0 Å². The fourth-order valence-corrected chi connectivity index (χ4v) is 3.51. The number of carbonyl (C=O) groups excluding carboxylic acids is 1. The summed E-state index contributed by atoms with van der Waals surface area (Å²) in [7, 11) is 0. The number of hydrogen-bond donors (Lipinski definition) is 2. The van der Waals surface area contributed by atoms with Crippen molar-refractivity contribution in [2.24, 2.45) is 5.92 Å². The molecule has 1 aliphatic carbocycles. The molecule has 3 aromatic rings. The van der Waals surface area contributed by atoms with E-state index in [1.807, 2.05) is 37.3 Å². The minimum absolute atomic E-state index is 0.101. The molecular weight excluding hydrogens is 296 g/mol. The summed E-state index contributed by atoms with van der Waals surface area (Å²) in [6, 6.07) is 18.6. The largest absolute Gasteiger partial charge is 0.358 e. The van der Waals surface area contributed by atoms with Crippen molar-refractivity contribution in [1.29, 1.82) is 0 Å². The topological polar surface area (TPSA) is 44.9 Å². The van der Waals surface area contributed by atoms with Crippen LogP contribution < -0.4 is 5.32 Å². The molecule has 2 N–H and O–H groups in total. The Morgan fingerprint density at radius 1 is 1.12 bits per heavy atom. The van der Waals surface area contributed by atoms with Gasteiger partial charge in [-0.25, -0.2) is 0 Å². The molecule has 122 valence electrons. The van der Waals surface area contributed by atoms with Crippen LogP contribution in [0.4, 0.5) is 0 Å². The van der Waals surface area contributed by atoms with Crippen molar-refractivity contribution in [3.05, 3.63) is 71.4 Å². The Kier molecular flexibility index (Phi) is 3.85. The summed E-state index contributed by atoms with van der Waals surface area (Å²) in [4.78, 5) is 16.1. The summed E-state index contributed by atoms with van der Waals surface area (Å²) in [6.07, 6.45) is 2.82. The Balaban J connectivity index is 1.54. The van der Waals surface area contributed by atoms with Crippen LogP contribution >= 0.6 is 0 Å². The maximum Gasteiger partial charge on any atom is 0.225 e. The first-order chi connectivity index (χ1) is 11.7. The summed E-state index contributed by atoms with van der Waals surface area (Å²) in [6.45, 7) is 2.04. The summed E-state index contributed by atoms with van der Waals surface area (Å²) in [5, 5.41) is 4.42. The number of nitrogens with one attached hydrogen (secondary N) is 2. The first kappa shape index (κ1) is 15.0. The monoisotopic (exact) mass is 318 g/mol. The SMILES string of the molecule is Cc1[nH]c2ccccc2c1CC(=O)NC(c1ccccc1)C1CC1. The number of aromatic nitrogens is 1. The lowest BCUT2D eigenvalue weighted by atomic mass is 10.0. The van der Waals surface area contributed by atoms with E-state index in [0.717, 1.165) is 22.2 Å². The molecule has 1 aromatic heterocycles. The smallest absolute Gasteiger partial charge is 0.225 e. The highest BCUT2D eigenvalue weighted by molar-refractivity contribution is 5.90. The fraction of sp³-hybridized carbons (Fsp3) is 0.286. The van der Waals surface area contributed by atoms with E-state index in [-0.39, 0.29) is 11.9 Å². The molecule has 1 amide bonds. The number of H-pyrrole nitrogens is 1. The van der Waals surface area contributed by atoms with Crippen LogP contribution in [0.25, 0.3) is 10.9 Å². The number of benzene rings is 2. The van der Waals surface area contributed by atoms with Gasteiger partial charge in [-0.2, -0.15) is 0 Å². The molecule has 0 aliphatic heterocycles. The molecule has 4 rings (SSSR count). The summed E-state index contributed by atoms with van der Waals surface area (Å²) in [5.74, 6) is 0.684. The van der Waals surface area contributed by atoms with Gasteiger partial charge in [0.1, 0.15) is 0 Å². The Hall–Kier alpha value is -2.55. The first-order valence-electron chi connectivity index (χ1n) is 8.63. The van der Waals surface area contributed by atoms with E-state index in [0.29, 0.717) is 12.3 Å². The lowest BCUT2D eigenvalue weighted by Crippen LogP contribution is -2.31. The Labute approximate surface area is 142 Å². The molecule has 0 radical (unpaired) electrons. The number of fused-ring (bicyclic) bond motifs is 1. The maximum absolute atomic E-state index is 12.7. The second-order valence-electron chi connectivity index (χ2n) is 6.74. The molecule has 0 bridgehead atoms. The second-order valence-corrected chi connectivity index (χ2v) is 6.74. The summed E-state index contributed by atoms with van der Waals surface area (Å²) in [5.41, 5.74) is 4.49. The number of hydrogen-bond acceptors (Lipinski definition) is 1. The lowest BCUT2D eigenvalue weighted by molar-refractivity contribution is -0.121. The number of aromatic amines is 1. The van der Waals surface area contributed by atoms with Crippen LogP contribution in [0.2, 0.25) is 0 Å². The Morgan fingerprint density at radius 2 is 1.83 bits per heavy atom. The predicted octanol–water partition coefficient (Wildman–Crippen LogP) is 4.29. The molecule has 24 heavy (non-hydrogen) atoms. The third kappa shape index (κ3) is 2.94. The van der Waals surface area contributed by atoms with Gasteiger partial charge < -0.3 is 10.3 Å². The van der Waals surface area contributed by atoms with Gasteiger partial charge in [0, 0.05) is 16.6 Å². The molecule has 1 aliphatic rings.